The number of thioether (sulfide) groups is 1. The molecule has 2 unspecified atom stereocenters. The summed E-state index contributed by atoms with van der Waals surface area (Å²) in [7, 11) is 2.08. The van der Waals surface area contributed by atoms with Gasteiger partial charge in [0.25, 0.3) is 0 Å². The zero-order valence-corrected chi connectivity index (χ0v) is 13.9. The van der Waals surface area contributed by atoms with E-state index in [1.807, 2.05) is 6.20 Å². The van der Waals surface area contributed by atoms with Crippen LogP contribution in [0.15, 0.2) is 18.3 Å². The molecule has 0 saturated carbocycles. The number of aromatic nitrogens is 1. The average molecular weight is 306 g/mol. The Morgan fingerprint density at radius 3 is 2.95 bits per heavy atom. The van der Waals surface area contributed by atoms with E-state index in [1.165, 1.54) is 36.3 Å². The molecule has 2 atom stereocenters. The molecule has 0 bridgehead atoms. The molecule has 0 aliphatic carbocycles. The van der Waals surface area contributed by atoms with E-state index in [1.54, 1.807) is 0 Å². The predicted octanol–water partition coefficient (Wildman–Crippen LogP) is 3.34. The maximum Gasteiger partial charge on any atom is 0.0701 e. The Balaban J connectivity index is 1.77. The predicted molar refractivity (Wildman–Crippen MR) is 88.7 cm³/mol. The molecule has 1 N–H and O–H groups in total. The van der Waals surface area contributed by atoms with Crippen LogP contribution >= 0.6 is 11.8 Å². The summed E-state index contributed by atoms with van der Waals surface area (Å²) in [6.45, 7) is 2.98. The zero-order chi connectivity index (χ0) is 14.7. The maximum absolute atomic E-state index is 6.24. The molecule has 3 rings (SSSR count). The van der Waals surface area contributed by atoms with Crippen molar-refractivity contribution in [2.45, 2.75) is 44.2 Å². The Kier molecular flexibility index (Phi) is 4.87. The number of pyridine rings is 1. The first kappa shape index (κ1) is 15.3. The highest BCUT2D eigenvalue weighted by Crippen LogP contribution is 2.43. The van der Waals surface area contributed by atoms with Crippen molar-refractivity contribution in [3.05, 3.63) is 29.6 Å². The van der Waals surface area contributed by atoms with Gasteiger partial charge in [0.1, 0.15) is 0 Å². The Morgan fingerprint density at radius 1 is 1.43 bits per heavy atom. The number of hydrogen-bond acceptors (Lipinski definition) is 4. The van der Waals surface area contributed by atoms with Crippen LogP contribution < -0.4 is 5.32 Å². The first-order chi connectivity index (χ1) is 10.2. The molecule has 3 heterocycles. The molecule has 2 aliphatic heterocycles. The molecule has 0 aromatic carbocycles. The molecule has 4 heteroatoms. The van der Waals surface area contributed by atoms with E-state index in [9.17, 15) is 0 Å². The van der Waals surface area contributed by atoms with Gasteiger partial charge in [0.05, 0.1) is 5.60 Å². The minimum absolute atomic E-state index is 0.158. The lowest BCUT2D eigenvalue weighted by Crippen LogP contribution is -2.45. The summed E-state index contributed by atoms with van der Waals surface area (Å²) in [5.41, 5.74) is 2.63. The van der Waals surface area contributed by atoms with Crippen LogP contribution in [0.25, 0.3) is 0 Å². The Morgan fingerprint density at radius 2 is 2.24 bits per heavy atom. The van der Waals surface area contributed by atoms with Gasteiger partial charge in [0, 0.05) is 24.5 Å². The lowest BCUT2D eigenvalue weighted by Gasteiger charge is -2.45. The number of nitrogens with zero attached hydrogens (tertiary/aromatic N) is 1. The second-order valence-electron chi connectivity index (χ2n) is 6.39. The number of rotatable bonds is 3. The normalized spacial score (nSPS) is 26.7. The van der Waals surface area contributed by atoms with Crippen LogP contribution in [0, 0.1) is 12.8 Å². The minimum Gasteiger partial charge on any atom is -0.375 e. The second-order valence-corrected chi connectivity index (χ2v) is 7.62. The van der Waals surface area contributed by atoms with Gasteiger partial charge >= 0.3 is 0 Å². The van der Waals surface area contributed by atoms with Gasteiger partial charge < -0.3 is 10.1 Å². The molecule has 1 aromatic heterocycles. The van der Waals surface area contributed by atoms with E-state index in [2.05, 4.69) is 48.2 Å². The SMILES string of the molecule is CNC(c1ccnc(C)c1)C1CCOC2(CCSCC2)C1. The van der Waals surface area contributed by atoms with Crippen molar-refractivity contribution >= 4 is 11.8 Å². The van der Waals surface area contributed by atoms with Gasteiger partial charge in [-0.3, -0.25) is 4.98 Å². The molecule has 2 saturated heterocycles. The van der Waals surface area contributed by atoms with Gasteiger partial charge in [-0.05, 0) is 74.8 Å². The Labute approximate surface area is 132 Å². The maximum atomic E-state index is 6.24. The average Bonchev–Trinajstić information content (AvgIpc) is 2.49. The van der Waals surface area contributed by atoms with E-state index < -0.39 is 0 Å². The van der Waals surface area contributed by atoms with Crippen molar-refractivity contribution in [2.24, 2.45) is 5.92 Å². The van der Waals surface area contributed by atoms with Crippen molar-refractivity contribution in [3.63, 3.8) is 0 Å². The van der Waals surface area contributed by atoms with Crippen molar-refractivity contribution in [2.75, 3.05) is 25.2 Å². The fraction of sp³-hybridized carbons (Fsp3) is 0.706. The van der Waals surface area contributed by atoms with Crippen LogP contribution in [0.1, 0.15) is 43.0 Å². The van der Waals surface area contributed by atoms with Crippen LogP contribution in [0.5, 0.6) is 0 Å². The van der Waals surface area contributed by atoms with Crippen LogP contribution in [-0.2, 0) is 4.74 Å². The van der Waals surface area contributed by atoms with E-state index in [0.29, 0.717) is 12.0 Å². The highest BCUT2D eigenvalue weighted by molar-refractivity contribution is 7.99. The first-order valence-electron chi connectivity index (χ1n) is 8.04. The third-order valence-electron chi connectivity index (χ3n) is 5.00. The third kappa shape index (κ3) is 3.43. The van der Waals surface area contributed by atoms with Crippen molar-refractivity contribution in [3.8, 4) is 0 Å². The molecule has 2 fully saturated rings. The summed E-state index contributed by atoms with van der Waals surface area (Å²) in [6, 6.07) is 4.80. The number of aryl methyl sites for hydroxylation is 1. The van der Waals surface area contributed by atoms with Gasteiger partial charge in [0.2, 0.25) is 0 Å². The summed E-state index contributed by atoms with van der Waals surface area (Å²) in [6.07, 6.45) is 6.73. The second kappa shape index (κ2) is 6.67. The molecule has 0 radical (unpaired) electrons. The first-order valence-corrected chi connectivity index (χ1v) is 9.19. The van der Waals surface area contributed by atoms with Crippen LogP contribution in [-0.4, -0.2) is 35.7 Å². The fourth-order valence-corrected chi connectivity index (χ4v) is 5.11. The molecular weight excluding hydrogens is 280 g/mol. The third-order valence-corrected chi connectivity index (χ3v) is 5.98. The Hall–Kier alpha value is -0.580. The summed E-state index contributed by atoms with van der Waals surface area (Å²) in [4.78, 5) is 4.33. The zero-order valence-electron chi connectivity index (χ0n) is 13.1. The molecule has 116 valence electrons. The minimum atomic E-state index is 0.158. The summed E-state index contributed by atoms with van der Waals surface area (Å²) in [5, 5.41) is 3.55. The molecule has 21 heavy (non-hydrogen) atoms. The number of nitrogens with one attached hydrogen (secondary N) is 1. The molecule has 1 aromatic rings. The van der Waals surface area contributed by atoms with E-state index in [-0.39, 0.29) is 5.60 Å². The number of hydrogen-bond donors (Lipinski definition) is 1. The smallest absolute Gasteiger partial charge is 0.0701 e. The number of ether oxygens (including phenoxy) is 1. The summed E-state index contributed by atoms with van der Waals surface area (Å²) >= 11 is 2.07. The molecular formula is C17H26N2OS. The van der Waals surface area contributed by atoms with Gasteiger partial charge in [-0.25, -0.2) is 0 Å². The van der Waals surface area contributed by atoms with Gasteiger partial charge in [-0.15, -0.1) is 0 Å². The van der Waals surface area contributed by atoms with Crippen LogP contribution in [0.2, 0.25) is 0 Å². The standard InChI is InChI=1S/C17H26N2OS/c1-13-11-14(3-7-19-13)16(18-2)15-4-8-20-17(12-15)5-9-21-10-6-17/h3,7,11,15-16,18H,4-6,8-10,12H2,1-2H3. The molecule has 3 nitrogen and oxygen atoms in total. The van der Waals surface area contributed by atoms with Crippen LogP contribution in [0.3, 0.4) is 0 Å². The summed E-state index contributed by atoms with van der Waals surface area (Å²) < 4.78 is 6.24. The summed E-state index contributed by atoms with van der Waals surface area (Å²) in [5.74, 6) is 3.17. The quantitative estimate of drug-likeness (QED) is 0.929. The topological polar surface area (TPSA) is 34.2 Å². The lowest BCUT2D eigenvalue weighted by atomic mass is 9.77. The Bertz CT molecular complexity index is 468. The monoisotopic (exact) mass is 306 g/mol. The lowest BCUT2D eigenvalue weighted by molar-refractivity contribution is -0.107. The van der Waals surface area contributed by atoms with Crippen molar-refractivity contribution in [1.82, 2.24) is 10.3 Å². The van der Waals surface area contributed by atoms with E-state index in [0.717, 1.165) is 18.7 Å². The fourth-order valence-electron chi connectivity index (χ4n) is 3.88. The van der Waals surface area contributed by atoms with E-state index in [4.69, 9.17) is 4.74 Å². The van der Waals surface area contributed by atoms with Crippen molar-refractivity contribution in [1.29, 1.82) is 0 Å². The highest BCUT2D eigenvalue weighted by atomic mass is 32.2. The highest BCUT2D eigenvalue weighted by Gasteiger charge is 2.41. The molecule has 0 amide bonds. The molecule has 2 aliphatic rings. The van der Waals surface area contributed by atoms with E-state index >= 15 is 0 Å². The van der Waals surface area contributed by atoms with Crippen molar-refractivity contribution < 1.29 is 4.74 Å². The van der Waals surface area contributed by atoms with Gasteiger partial charge in [-0.1, -0.05) is 0 Å². The van der Waals surface area contributed by atoms with Gasteiger partial charge in [0.15, 0.2) is 0 Å². The molecule has 1 spiro atoms. The van der Waals surface area contributed by atoms with Crippen LogP contribution in [0.4, 0.5) is 0 Å². The largest absolute Gasteiger partial charge is 0.375 e. The van der Waals surface area contributed by atoms with Gasteiger partial charge in [-0.2, -0.15) is 11.8 Å².